The first-order valence-electron chi connectivity index (χ1n) is 6.54. The molecule has 1 aromatic rings. The largest absolute Gasteiger partial charge is 0.507 e. The molecule has 0 fully saturated rings. The molecule has 0 saturated carbocycles. The number of ketones is 1. The number of carbonyl (C=O) groups is 1. The van der Waals surface area contributed by atoms with Crippen LogP contribution in [0.5, 0.6) is 17.2 Å². The fourth-order valence-corrected chi connectivity index (χ4v) is 2.31. The normalized spacial score (nSPS) is 16.9. The summed E-state index contributed by atoms with van der Waals surface area (Å²) < 4.78 is 5.74. The van der Waals surface area contributed by atoms with Crippen LogP contribution in [0.2, 0.25) is 0 Å². The van der Waals surface area contributed by atoms with Gasteiger partial charge in [-0.1, -0.05) is 13.8 Å². The average Bonchev–Trinajstić information content (AvgIpc) is 2.26. The fourth-order valence-electron chi connectivity index (χ4n) is 2.31. The van der Waals surface area contributed by atoms with Gasteiger partial charge >= 0.3 is 0 Å². The van der Waals surface area contributed by atoms with Gasteiger partial charge in [-0.3, -0.25) is 4.79 Å². The number of carbonyl (C=O) groups excluding carboxylic acids is 1. The second kappa shape index (κ2) is 4.44. The van der Waals surface area contributed by atoms with Crippen LogP contribution >= 0.6 is 0 Å². The van der Waals surface area contributed by atoms with E-state index in [0.29, 0.717) is 17.7 Å². The first kappa shape index (κ1) is 13.7. The van der Waals surface area contributed by atoms with Crippen LogP contribution in [0, 0.1) is 5.92 Å². The van der Waals surface area contributed by atoms with Crippen molar-refractivity contribution in [1.82, 2.24) is 0 Å². The van der Waals surface area contributed by atoms with Gasteiger partial charge in [-0.25, -0.2) is 0 Å². The van der Waals surface area contributed by atoms with Crippen molar-refractivity contribution >= 4 is 5.78 Å². The highest BCUT2D eigenvalue weighted by atomic mass is 16.5. The maximum atomic E-state index is 12.0. The van der Waals surface area contributed by atoms with E-state index >= 15 is 0 Å². The molecule has 4 heteroatoms. The Bertz CT molecular complexity index is 529. The summed E-state index contributed by atoms with van der Waals surface area (Å²) in [4.78, 5) is 12.0. The van der Waals surface area contributed by atoms with Crippen molar-refractivity contribution in [3.63, 3.8) is 0 Å². The molecule has 2 rings (SSSR count). The summed E-state index contributed by atoms with van der Waals surface area (Å²) >= 11 is 0. The maximum absolute atomic E-state index is 12.0. The van der Waals surface area contributed by atoms with Crippen molar-refractivity contribution in [3.8, 4) is 17.2 Å². The number of hydrogen-bond acceptors (Lipinski definition) is 4. The smallest absolute Gasteiger partial charge is 0.172 e. The van der Waals surface area contributed by atoms with E-state index in [0.717, 1.165) is 6.42 Å². The molecule has 2 N–H and O–H groups in total. The summed E-state index contributed by atoms with van der Waals surface area (Å²) in [5, 5.41) is 20.2. The number of phenolic OH excluding ortho intramolecular Hbond substituents is 2. The lowest BCUT2D eigenvalue weighted by atomic mass is 9.90. The predicted molar refractivity (Wildman–Crippen MR) is 72.0 cm³/mol. The standard InChI is InChI=1S/C15H20O4/c1-8(2)13(17)12-10(16)7-11-9(14(12)18)5-6-15(3,4)19-11/h7-8,16,18H,5-6H2,1-4H3. The molecule has 0 amide bonds. The first-order chi connectivity index (χ1) is 8.73. The lowest BCUT2D eigenvalue weighted by Crippen LogP contribution is -2.32. The molecule has 0 bridgehead atoms. The van der Waals surface area contributed by atoms with E-state index in [9.17, 15) is 15.0 Å². The summed E-state index contributed by atoms with van der Waals surface area (Å²) in [7, 11) is 0. The summed E-state index contributed by atoms with van der Waals surface area (Å²) in [6, 6.07) is 1.44. The average molecular weight is 264 g/mol. The molecular formula is C15H20O4. The molecule has 0 radical (unpaired) electrons. The number of aromatic hydroxyl groups is 2. The van der Waals surface area contributed by atoms with Gasteiger partial charge in [0.15, 0.2) is 5.78 Å². The highest BCUT2D eigenvalue weighted by Crippen LogP contribution is 2.44. The van der Waals surface area contributed by atoms with Gasteiger partial charge < -0.3 is 14.9 Å². The van der Waals surface area contributed by atoms with Crippen LogP contribution < -0.4 is 4.74 Å². The number of rotatable bonds is 2. The zero-order valence-electron chi connectivity index (χ0n) is 11.8. The van der Waals surface area contributed by atoms with Crippen LogP contribution in [0.1, 0.15) is 50.0 Å². The van der Waals surface area contributed by atoms with E-state index in [1.54, 1.807) is 13.8 Å². The van der Waals surface area contributed by atoms with Gasteiger partial charge in [-0.2, -0.15) is 0 Å². The minimum atomic E-state index is -0.324. The van der Waals surface area contributed by atoms with E-state index in [2.05, 4.69) is 0 Å². The highest BCUT2D eigenvalue weighted by Gasteiger charge is 2.32. The molecule has 0 aromatic heterocycles. The molecule has 0 spiro atoms. The van der Waals surface area contributed by atoms with Crippen LogP contribution in [-0.2, 0) is 6.42 Å². The summed E-state index contributed by atoms with van der Waals surface area (Å²) in [5.41, 5.74) is 0.299. The quantitative estimate of drug-likeness (QED) is 0.806. The number of phenols is 2. The lowest BCUT2D eigenvalue weighted by Gasteiger charge is -2.33. The second-order valence-corrected chi connectivity index (χ2v) is 5.98. The van der Waals surface area contributed by atoms with E-state index in [-0.39, 0.29) is 34.4 Å². The maximum Gasteiger partial charge on any atom is 0.172 e. The Morgan fingerprint density at radius 2 is 2.00 bits per heavy atom. The number of fused-ring (bicyclic) bond motifs is 1. The third kappa shape index (κ3) is 2.39. The van der Waals surface area contributed by atoms with Gasteiger partial charge in [0, 0.05) is 17.5 Å². The fraction of sp³-hybridized carbons (Fsp3) is 0.533. The number of ether oxygens (including phenoxy) is 1. The van der Waals surface area contributed by atoms with E-state index in [1.807, 2.05) is 13.8 Å². The Morgan fingerprint density at radius 1 is 1.37 bits per heavy atom. The lowest BCUT2D eigenvalue weighted by molar-refractivity contribution is 0.0829. The van der Waals surface area contributed by atoms with Crippen LogP contribution in [0.25, 0.3) is 0 Å². The SMILES string of the molecule is CC(C)C(=O)c1c(O)cc2c(c1O)CCC(C)(C)O2. The van der Waals surface area contributed by atoms with E-state index in [1.165, 1.54) is 6.07 Å². The highest BCUT2D eigenvalue weighted by molar-refractivity contribution is 6.03. The minimum absolute atomic E-state index is 0.0112. The topological polar surface area (TPSA) is 66.8 Å². The molecule has 0 unspecified atom stereocenters. The zero-order valence-corrected chi connectivity index (χ0v) is 11.8. The molecule has 1 aromatic carbocycles. The molecule has 1 aliphatic rings. The molecule has 19 heavy (non-hydrogen) atoms. The zero-order chi connectivity index (χ0) is 14.4. The van der Waals surface area contributed by atoms with Crippen LogP contribution in [0.3, 0.4) is 0 Å². The summed E-state index contributed by atoms with van der Waals surface area (Å²) in [6.07, 6.45) is 1.39. The molecule has 0 saturated heterocycles. The van der Waals surface area contributed by atoms with Gasteiger partial charge in [-0.05, 0) is 26.7 Å². The number of hydrogen-bond donors (Lipinski definition) is 2. The Hall–Kier alpha value is -1.71. The predicted octanol–water partition coefficient (Wildman–Crippen LogP) is 3.04. The van der Waals surface area contributed by atoms with Gasteiger partial charge in [0.1, 0.15) is 28.4 Å². The van der Waals surface area contributed by atoms with E-state index in [4.69, 9.17) is 4.74 Å². The van der Waals surface area contributed by atoms with Crippen molar-refractivity contribution in [2.24, 2.45) is 5.92 Å². The van der Waals surface area contributed by atoms with Gasteiger partial charge in [0.05, 0.1) is 0 Å². The number of Topliss-reactive ketones (excluding diaryl/α,β-unsaturated/α-hetero) is 1. The molecule has 1 heterocycles. The summed E-state index contributed by atoms with van der Waals surface area (Å²) in [5.74, 6) is -0.429. The van der Waals surface area contributed by atoms with Crippen LogP contribution in [-0.4, -0.2) is 21.6 Å². The Kier molecular flexibility index (Phi) is 3.20. The Balaban J connectivity index is 2.55. The van der Waals surface area contributed by atoms with Crippen molar-refractivity contribution in [3.05, 3.63) is 17.2 Å². The van der Waals surface area contributed by atoms with Crippen molar-refractivity contribution in [2.75, 3.05) is 0 Å². The monoisotopic (exact) mass is 264 g/mol. The van der Waals surface area contributed by atoms with Gasteiger partial charge in [0.2, 0.25) is 0 Å². The van der Waals surface area contributed by atoms with Crippen LogP contribution in [0.4, 0.5) is 0 Å². The first-order valence-corrected chi connectivity index (χ1v) is 6.54. The molecule has 0 atom stereocenters. The third-order valence-corrected chi connectivity index (χ3v) is 3.48. The minimum Gasteiger partial charge on any atom is -0.507 e. The Labute approximate surface area is 113 Å². The van der Waals surface area contributed by atoms with E-state index < -0.39 is 0 Å². The second-order valence-electron chi connectivity index (χ2n) is 5.98. The van der Waals surface area contributed by atoms with Crippen molar-refractivity contribution in [2.45, 2.75) is 46.1 Å². The molecule has 1 aliphatic heterocycles. The molecule has 0 aliphatic carbocycles. The molecule has 104 valence electrons. The number of benzene rings is 1. The molecule has 4 nitrogen and oxygen atoms in total. The summed E-state index contributed by atoms with van der Waals surface area (Å²) in [6.45, 7) is 7.38. The third-order valence-electron chi connectivity index (χ3n) is 3.48. The molecular weight excluding hydrogens is 244 g/mol. The van der Waals surface area contributed by atoms with Gasteiger partial charge in [-0.15, -0.1) is 0 Å². The van der Waals surface area contributed by atoms with Crippen molar-refractivity contribution in [1.29, 1.82) is 0 Å². The van der Waals surface area contributed by atoms with Crippen molar-refractivity contribution < 1.29 is 19.7 Å². The Morgan fingerprint density at radius 3 is 2.58 bits per heavy atom. The van der Waals surface area contributed by atoms with Gasteiger partial charge in [0.25, 0.3) is 0 Å². The van der Waals surface area contributed by atoms with Crippen LogP contribution in [0.15, 0.2) is 6.07 Å².